The van der Waals surface area contributed by atoms with Crippen molar-refractivity contribution in [1.82, 2.24) is 0 Å². The summed E-state index contributed by atoms with van der Waals surface area (Å²) in [5.41, 5.74) is 2.65. The van der Waals surface area contributed by atoms with Crippen molar-refractivity contribution in [2.24, 2.45) is 0 Å². The third kappa shape index (κ3) is 3.01. The maximum absolute atomic E-state index is 12.2. The van der Waals surface area contributed by atoms with Crippen molar-refractivity contribution in [3.63, 3.8) is 0 Å². The molecule has 0 heterocycles. The van der Waals surface area contributed by atoms with Crippen LogP contribution >= 0.6 is 15.9 Å². The molecule has 1 amide bonds. The molecule has 0 spiro atoms. The van der Waals surface area contributed by atoms with Gasteiger partial charge in [0.1, 0.15) is 0 Å². The highest BCUT2D eigenvalue weighted by Gasteiger charge is 2.10. The molecular weight excluding hydrogens is 304 g/mol. The monoisotopic (exact) mass is 314 g/mol. The molecule has 19 heavy (non-hydrogen) atoms. The predicted octanol–water partition coefficient (Wildman–Crippen LogP) is 3.88. The third-order valence-corrected chi connectivity index (χ3v) is 3.42. The summed E-state index contributed by atoms with van der Waals surface area (Å²) in [5, 5.41) is 11.7. The molecule has 3 nitrogen and oxygen atoms in total. The minimum Gasteiger partial charge on any atom is -0.322 e. The quantitative estimate of drug-likeness (QED) is 0.914. The van der Waals surface area contributed by atoms with Gasteiger partial charge in [-0.15, -0.1) is 0 Å². The Morgan fingerprint density at radius 3 is 2.68 bits per heavy atom. The van der Waals surface area contributed by atoms with Gasteiger partial charge in [0, 0.05) is 10.2 Å². The van der Waals surface area contributed by atoms with E-state index in [1.165, 1.54) is 0 Å². The zero-order valence-electron chi connectivity index (χ0n) is 10.3. The number of benzene rings is 2. The fourth-order valence-electron chi connectivity index (χ4n) is 1.66. The predicted molar refractivity (Wildman–Crippen MR) is 78.0 cm³/mol. The van der Waals surface area contributed by atoms with Gasteiger partial charge >= 0.3 is 0 Å². The van der Waals surface area contributed by atoms with Crippen molar-refractivity contribution in [3.8, 4) is 6.07 Å². The van der Waals surface area contributed by atoms with Crippen LogP contribution in [0.5, 0.6) is 0 Å². The number of hydrogen-bond donors (Lipinski definition) is 1. The number of carbonyl (C=O) groups excluding carboxylic acids is 1. The number of rotatable bonds is 2. The van der Waals surface area contributed by atoms with Gasteiger partial charge in [-0.3, -0.25) is 4.79 Å². The van der Waals surface area contributed by atoms with Gasteiger partial charge in [-0.2, -0.15) is 5.26 Å². The molecule has 94 valence electrons. The van der Waals surface area contributed by atoms with Gasteiger partial charge in [0.15, 0.2) is 0 Å². The summed E-state index contributed by atoms with van der Waals surface area (Å²) in [5.74, 6) is -0.203. The Balaban J connectivity index is 2.30. The minimum absolute atomic E-state index is 0.203. The van der Waals surface area contributed by atoms with E-state index < -0.39 is 0 Å². The summed E-state index contributed by atoms with van der Waals surface area (Å²) < 4.78 is 0.738. The number of aryl methyl sites for hydroxylation is 1. The average Bonchev–Trinajstić information content (AvgIpc) is 2.41. The number of halogens is 1. The summed E-state index contributed by atoms with van der Waals surface area (Å²) in [6.07, 6.45) is 0. The molecule has 0 aliphatic rings. The van der Waals surface area contributed by atoms with Crippen LogP contribution in [-0.2, 0) is 0 Å². The van der Waals surface area contributed by atoms with Crippen molar-refractivity contribution in [1.29, 1.82) is 5.26 Å². The Labute approximate surface area is 120 Å². The lowest BCUT2D eigenvalue weighted by molar-refractivity contribution is 0.102. The number of nitriles is 1. The van der Waals surface area contributed by atoms with E-state index >= 15 is 0 Å². The van der Waals surface area contributed by atoms with Crippen LogP contribution in [0, 0.1) is 18.3 Å². The molecular formula is C15H11BrN2O. The van der Waals surface area contributed by atoms with Crippen molar-refractivity contribution in [2.75, 3.05) is 5.32 Å². The molecule has 2 aromatic carbocycles. The molecule has 0 saturated carbocycles. The van der Waals surface area contributed by atoms with Gasteiger partial charge in [-0.25, -0.2) is 0 Å². The second kappa shape index (κ2) is 5.68. The second-order valence-electron chi connectivity index (χ2n) is 4.08. The summed E-state index contributed by atoms with van der Waals surface area (Å²) in [6.45, 7) is 1.89. The zero-order valence-corrected chi connectivity index (χ0v) is 11.9. The van der Waals surface area contributed by atoms with Crippen LogP contribution in [0.2, 0.25) is 0 Å². The molecule has 0 bridgehead atoms. The van der Waals surface area contributed by atoms with E-state index in [4.69, 9.17) is 5.26 Å². The zero-order chi connectivity index (χ0) is 13.8. The van der Waals surface area contributed by atoms with Crippen LogP contribution in [0.25, 0.3) is 0 Å². The molecule has 0 fully saturated rings. The Morgan fingerprint density at radius 2 is 2.00 bits per heavy atom. The summed E-state index contributed by atoms with van der Waals surface area (Å²) in [4.78, 5) is 12.2. The van der Waals surface area contributed by atoms with Crippen molar-refractivity contribution in [3.05, 3.63) is 63.6 Å². The van der Waals surface area contributed by atoms with Gasteiger partial charge in [0.25, 0.3) is 5.91 Å². The van der Waals surface area contributed by atoms with Gasteiger partial charge < -0.3 is 5.32 Å². The smallest absolute Gasteiger partial charge is 0.256 e. The molecule has 0 aliphatic heterocycles. The molecule has 0 radical (unpaired) electrons. The molecule has 0 saturated heterocycles. The number of amides is 1. The number of nitrogens with zero attached hydrogens (tertiary/aromatic N) is 1. The molecule has 4 heteroatoms. The van der Waals surface area contributed by atoms with Crippen LogP contribution in [0.3, 0.4) is 0 Å². The average molecular weight is 315 g/mol. The maximum Gasteiger partial charge on any atom is 0.256 e. The first-order chi connectivity index (χ1) is 9.11. The topological polar surface area (TPSA) is 52.9 Å². The highest BCUT2D eigenvalue weighted by Crippen LogP contribution is 2.20. The van der Waals surface area contributed by atoms with Crippen LogP contribution < -0.4 is 5.32 Å². The first-order valence-corrected chi connectivity index (χ1v) is 6.48. The van der Waals surface area contributed by atoms with E-state index in [0.29, 0.717) is 16.8 Å². The Bertz CT molecular complexity index is 674. The number of nitrogens with one attached hydrogen (secondary N) is 1. The van der Waals surface area contributed by atoms with Crippen molar-refractivity contribution >= 4 is 27.5 Å². The maximum atomic E-state index is 12.2. The highest BCUT2D eigenvalue weighted by atomic mass is 79.9. The molecule has 0 atom stereocenters. The Morgan fingerprint density at radius 1 is 1.26 bits per heavy atom. The van der Waals surface area contributed by atoms with Crippen molar-refractivity contribution < 1.29 is 4.79 Å². The van der Waals surface area contributed by atoms with E-state index in [-0.39, 0.29) is 5.91 Å². The lowest BCUT2D eigenvalue weighted by Gasteiger charge is -2.09. The number of anilines is 1. The third-order valence-electron chi connectivity index (χ3n) is 2.73. The molecule has 1 N–H and O–H groups in total. The minimum atomic E-state index is -0.203. The lowest BCUT2D eigenvalue weighted by atomic mass is 10.1. The lowest BCUT2D eigenvalue weighted by Crippen LogP contribution is -2.13. The summed E-state index contributed by atoms with van der Waals surface area (Å²) >= 11 is 3.34. The van der Waals surface area contributed by atoms with E-state index in [0.717, 1.165) is 10.0 Å². The molecule has 0 unspecified atom stereocenters. The van der Waals surface area contributed by atoms with Gasteiger partial charge in [0.05, 0.1) is 17.2 Å². The molecule has 0 aromatic heterocycles. The fraction of sp³-hybridized carbons (Fsp3) is 0.0667. The number of carbonyl (C=O) groups is 1. The fourth-order valence-corrected chi connectivity index (χ4v) is 2.13. The highest BCUT2D eigenvalue weighted by molar-refractivity contribution is 9.10. The van der Waals surface area contributed by atoms with Crippen molar-refractivity contribution in [2.45, 2.75) is 6.92 Å². The Kier molecular flexibility index (Phi) is 3.98. The van der Waals surface area contributed by atoms with E-state index in [2.05, 4.69) is 27.3 Å². The van der Waals surface area contributed by atoms with Crippen LogP contribution in [0.1, 0.15) is 21.5 Å². The van der Waals surface area contributed by atoms with Crippen LogP contribution in [0.15, 0.2) is 46.9 Å². The van der Waals surface area contributed by atoms with Gasteiger partial charge in [-0.05, 0) is 52.7 Å². The Hall–Kier alpha value is -2.12. The summed E-state index contributed by atoms with van der Waals surface area (Å²) in [6, 6.07) is 14.5. The molecule has 2 aromatic rings. The first-order valence-electron chi connectivity index (χ1n) is 5.68. The second-order valence-corrected chi connectivity index (χ2v) is 4.93. The largest absolute Gasteiger partial charge is 0.322 e. The van der Waals surface area contributed by atoms with Crippen LogP contribution in [-0.4, -0.2) is 5.91 Å². The molecule has 0 aliphatic carbocycles. The SMILES string of the molecule is Cc1ccc(C#N)cc1NC(=O)c1ccccc1Br. The van der Waals surface area contributed by atoms with Gasteiger partial charge in [0.2, 0.25) is 0 Å². The van der Waals surface area contributed by atoms with Gasteiger partial charge in [-0.1, -0.05) is 18.2 Å². The van der Waals surface area contributed by atoms with E-state index in [9.17, 15) is 4.79 Å². The first kappa shape index (κ1) is 13.3. The summed E-state index contributed by atoms with van der Waals surface area (Å²) in [7, 11) is 0. The molecule has 2 rings (SSSR count). The van der Waals surface area contributed by atoms with E-state index in [1.54, 1.807) is 24.3 Å². The van der Waals surface area contributed by atoms with E-state index in [1.807, 2.05) is 25.1 Å². The van der Waals surface area contributed by atoms with Crippen LogP contribution in [0.4, 0.5) is 5.69 Å². The normalized spacial score (nSPS) is 9.74. The number of hydrogen-bond acceptors (Lipinski definition) is 2. The standard InChI is InChI=1S/C15H11BrN2O/c1-10-6-7-11(9-17)8-14(10)18-15(19)12-4-2-3-5-13(12)16/h2-8H,1H3,(H,18,19).